The molecule has 11 heteroatoms. The summed E-state index contributed by atoms with van der Waals surface area (Å²) in [4.78, 5) is 14.6. The Kier molecular flexibility index (Phi) is 8.56. The quantitative estimate of drug-likeness (QED) is 0.505. The lowest BCUT2D eigenvalue weighted by Gasteiger charge is -2.35. The van der Waals surface area contributed by atoms with Gasteiger partial charge in [-0.2, -0.15) is 4.31 Å². The Morgan fingerprint density at radius 2 is 1.56 bits per heavy atom. The van der Waals surface area contributed by atoms with Gasteiger partial charge in [-0.05, 0) is 42.8 Å². The van der Waals surface area contributed by atoms with E-state index in [2.05, 4.69) is 5.32 Å². The van der Waals surface area contributed by atoms with Gasteiger partial charge in [0.05, 0.1) is 27.1 Å². The van der Waals surface area contributed by atoms with Crippen molar-refractivity contribution in [3.05, 3.63) is 47.8 Å². The fraction of sp³-hybridized carbons (Fsp3) is 0.435. The van der Waals surface area contributed by atoms with Gasteiger partial charge in [-0.1, -0.05) is 0 Å². The number of nitrogens with zero attached hydrogens (tertiary/aromatic N) is 2. The molecule has 0 atom stereocenters. The predicted molar refractivity (Wildman–Crippen MR) is 127 cm³/mol. The monoisotopic (exact) mass is 495 g/mol. The molecule has 1 aliphatic heterocycles. The first-order valence-corrected chi connectivity index (χ1v) is 12.5. The first-order valence-electron chi connectivity index (χ1n) is 10.9. The Morgan fingerprint density at radius 1 is 0.971 bits per heavy atom. The number of amides is 1. The van der Waals surface area contributed by atoms with E-state index in [0.717, 1.165) is 5.69 Å². The molecule has 0 spiro atoms. The largest absolute Gasteiger partial charge is 0.493 e. The smallest absolute Gasteiger partial charge is 0.251 e. The van der Waals surface area contributed by atoms with Crippen LogP contribution in [-0.4, -0.2) is 78.4 Å². The maximum Gasteiger partial charge on any atom is 0.251 e. The summed E-state index contributed by atoms with van der Waals surface area (Å²) in [5.41, 5.74) is 1.18. The molecule has 2 aromatic rings. The minimum Gasteiger partial charge on any atom is -0.493 e. The van der Waals surface area contributed by atoms with Crippen molar-refractivity contribution in [2.24, 2.45) is 0 Å². The normalized spacial score (nSPS) is 14.5. The lowest BCUT2D eigenvalue weighted by Crippen LogP contribution is -2.49. The van der Waals surface area contributed by atoms with Crippen LogP contribution in [0.25, 0.3) is 0 Å². The number of hydrogen-bond acceptors (Lipinski definition) is 7. The minimum absolute atomic E-state index is 0.0704. The first-order chi connectivity index (χ1) is 16.3. The van der Waals surface area contributed by atoms with Gasteiger partial charge < -0.3 is 24.4 Å². The third-order valence-electron chi connectivity index (χ3n) is 5.62. The molecule has 0 saturated carbocycles. The summed E-state index contributed by atoms with van der Waals surface area (Å²) in [6, 6.07) is 9.24. The highest BCUT2D eigenvalue weighted by Crippen LogP contribution is 2.38. The van der Waals surface area contributed by atoms with E-state index in [1.807, 2.05) is 4.90 Å². The number of benzene rings is 2. The number of hydrogen-bond donors (Lipinski definition) is 1. The lowest BCUT2D eigenvalue weighted by molar-refractivity contribution is 0.0952. The minimum atomic E-state index is -3.45. The molecule has 1 aliphatic rings. The Balaban J connectivity index is 1.49. The summed E-state index contributed by atoms with van der Waals surface area (Å²) in [5.74, 6) is 0.349. The molecular formula is C23H30FN3O6S. The van der Waals surface area contributed by atoms with Crippen molar-refractivity contribution in [3.63, 3.8) is 0 Å². The molecule has 2 aromatic carbocycles. The second-order valence-electron chi connectivity index (χ2n) is 7.70. The van der Waals surface area contributed by atoms with E-state index in [-0.39, 0.29) is 30.4 Å². The highest BCUT2D eigenvalue weighted by atomic mass is 32.2. The van der Waals surface area contributed by atoms with Crippen LogP contribution in [0, 0.1) is 5.82 Å². The third kappa shape index (κ3) is 6.09. The number of methoxy groups -OCH3 is 3. The van der Waals surface area contributed by atoms with Crippen LogP contribution in [0.15, 0.2) is 36.4 Å². The van der Waals surface area contributed by atoms with Crippen LogP contribution >= 0.6 is 0 Å². The standard InChI is InChI=1S/C23H30FN3O6S/c1-31-20-15-17(16-21(32-2)22(20)33-3)23(28)25-9-4-14-34(29,30)27-12-10-26(11-13-27)19-7-5-18(24)6-8-19/h5-8,15-16H,4,9-14H2,1-3H3,(H,25,28). The van der Waals surface area contributed by atoms with Crippen LogP contribution in [0.1, 0.15) is 16.8 Å². The van der Waals surface area contributed by atoms with Gasteiger partial charge in [0.1, 0.15) is 5.82 Å². The van der Waals surface area contributed by atoms with Crippen LogP contribution in [0.4, 0.5) is 10.1 Å². The van der Waals surface area contributed by atoms with Crippen molar-refractivity contribution in [1.29, 1.82) is 0 Å². The van der Waals surface area contributed by atoms with E-state index in [9.17, 15) is 17.6 Å². The molecule has 1 heterocycles. The Morgan fingerprint density at radius 3 is 2.09 bits per heavy atom. The van der Waals surface area contributed by atoms with Crippen molar-refractivity contribution in [3.8, 4) is 17.2 Å². The number of anilines is 1. The van der Waals surface area contributed by atoms with E-state index in [4.69, 9.17) is 14.2 Å². The van der Waals surface area contributed by atoms with Crippen LogP contribution in [0.2, 0.25) is 0 Å². The third-order valence-corrected chi connectivity index (χ3v) is 7.57. The number of nitrogens with one attached hydrogen (secondary N) is 1. The summed E-state index contributed by atoms with van der Waals surface area (Å²) < 4.78 is 55.8. The van der Waals surface area contributed by atoms with E-state index in [1.165, 1.54) is 49.9 Å². The average Bonchev–Trinajstić information content (AvgIpc) is 2.86. The van der Waals surface area contributed by atoms with Crippen LogP contribution < -0.4 is 24.4 Å². The van der Waals surface area contributed by atoms with Crippen molar-refractivity contribution in [2.75, 3.05) is 64.7 Å². The van der Waals surface area contributed by atoms with E-state index in [0.29, 0.717) is 49.0 Å². The fourth-order valence-electron chi connectivity index (χ4n) is 3.78. The first kappa shape index (κ1) is 25.6. The molecule has 1 amide bonds. The van der Waals surface area contributed by atoms with Crippen LogP contribution in [0.3, 0.4) is 0 Å². The number of carbonyl (C=O) groups excluding carboxylic acids is 1. The number of rotatable bonds is 10. The maximum atomic E-state index is 13.1. The number of ether oxygens (including phenoxy) is 3. The fourth-order valence-corrected chi connectivity index (χ4v) is 5.26. The SMILES string of the molecule is COc1cc(C(=O)NCCCS(=O)(=O)N2CCN(c3ccc(F)cc3)CC2)cc(OC)c1OC. The maximum absolute atomic E-state index is 13.1. The molecule has 0 bridgehead atoms. The summed E-state index contributed by atoms with van der Waals surface area (Å²) in [6.07, 6.45) is 0.274. The van der Waals surface area contributed by atoms with Gasteiger partial charge >= 0.3 is 0 Å². The number of piperazine rings is 1. The number of halogens is 1. The molecule has 1 saturated heterocycles. The summed E-state index contributed by atoms with van der Waals surface area (Å²) in [5, 5.41) is 2.73. The van der Waals surface area contributed by atoms with E-state index >= 15 is 0 Å². The second-order valence-corrected chi connectivity index (χ2v) is 9.79. The summed E-state index contributed by atoms with van der Waals surface area (Å²) in [7, 11) is 0.949. The second kappa shape index (κ2) is 11.4. The molecule has 0 radical (unpaired) electrons. The van der Waals surface area contributed by atoms with Gasteiger partial charge in [0, 0.05) is 44.0 Å². The Labute approximate surface area is 199 Å². The highest BCUT2D eigenvalue weighted by Gasteiger charge is 2.26. The zero-order valence-corrected chi connectivity index (χ0v) is 20.4. The molecule has 0 aliphatic carbocycles. The molecule has 1 fully saturated rings. The topological polar surface area (TPSA) is 97.4 Å². The molecule has 0 aromatic heterocycles. The molecule has 1 N–H and O–H groups in total. The van der Waals surface area contributed by atoms with Crippen LogP contribution in [-0.2, 0) is 10.0 Å². The molecular weight excluding hydrogens is 465 g/mol. The molecule has 186 valence electrons. The van der Waals surface area contributed by atoms with Gasteiger partial charge in [-0.15, -0.1) is 0 Å². The predicted octanol–water partition coefficient (Wildman–Crippen LogP) is 2.12. The lowest BCUT2D eigenvalue weighted by atomic mass is 10.1. The highest BCUT2D eigenvalue weighted by molar-refractivity contribution is 7.89. The van der Waals surface area contributed by atoms with Crippen molar-refractivity contribution in [1.82, 2.24) is 9.62 Å². The van der Waals surface area contributed by atoms with Gasteiger partial charge in [-0.25, -0.2) is 12.8 Å². The van der Waals surface area contributed by atoms with Gasteiger partial charge in [0.15, 0.2) is 11.5 Å². The Bertz CT molecular complexity index is 1060. The number of carbonyl (C=O) groups is 1. The van der Waals surface area contributed by atoms with E-state index < -0.39 is 10.0 Å². The average molecular weight is 496 g/mol. The molecule has 9 nitrogen and oxygen atoms in total. The van der Waals surface area contributed by atoms with Crippen LogP contribution in [0.5, 0.6) is 17.2 Å². The zero-order valence-electron chi connectivity index (χ0n) is 19.5. The van der Waals surface area contributed by atoms with Gasteiger partial charge in [-0.3, -0.25) is 4.79 Å². The zero-order chi connectivity index (χ0) is 24.7. The van der Waals surface area contributed by atoms with Crippen molar-refractivity contribution in [2.45, 2.75) is 6.42 Å². The Hall–Kier alpha value is -3.05. The van der Waals surface area contributed by atoms with Gasteiger partial charge in [0.25, 0.3) is 5.91 Å². The molecule has 0 unspecified atom stereocenters. The van der Waals surface area contributed by atoms with E-state index in [1.54, 1.807) is 12.1 Å². The van der Waals surface area contributed by atoms with Crippen molar-refractivity contribution >= 4 is 21.6 Å². The summed E-state index contributed by atoms with van der Waals surface area (Å²) >= 11 is 0. The van der Waals surface area contributed by atoms with Gasteiger partial charge in [0.2, 0.25) is 15.8 Å². The number of sulfonamides is 1. The molecule has 3 rings (SSSR count). The molecule has 34 heavy (non-hydrogen) atoms. The van der Waals surface area contributed by atoms with Crippen molar-refractivity contribution < 1.29 is 31.8 Å². The summed E-state index contributed by atoms with van der Waals surface area (Å²) in [6.45, 7) is 1.98.